The highest BCUT2D eigenvalue weighted by Gasteiger charge is 2.22. The molecule has 0 bridgehead atoms. The third kappa shape index (κ3) is 3.29. The molecule has 0 aliphatic carbocycles. The van der Waals surface area contributed by atoms with E-state index in [1.807, 2.05) is 0 Å². The summed E-state index contributed by atoms with van der Waals surface area (Å²) < 4.78 is 0. The van der Waals surface area contributed by atoms with Crippen LogP contribution in [0.1, 0.15) is 26.3 Å². The van der Waals surface area contributed by atoms with Gasteiger partial charge >= 0.3 is 0 Å². The molecule has 0 atom stereocenters. The molecular formula is C22H23N. The average Bonchev–Trinajstić information content (AvgIpc) is 2.57. The van der Waals surface area contributed by atoms with Gasteiger partial charge in [-0.1, -0.05) is 75.4 Å². The van der Waals surface area contributed by atoms with Gasteiger partial charge in [-0.15, -0.1) is 0 Å². The molecule has 0 aliphatic heterocycles. The van der Waals surface area contributed by atoms with Crippen LogP contribution in [0.5, 0.6) is 0 Å². The Morgan fingerprint density at radius 1 is 0.565 bits per heavy atom. The van der Waals surface area contributed by atoms with Crippen LogP contribution in [0.4, 0.5) is 17.1 Å². The zero-order valence-electron chi connectivity index (χ0n) is 14.0. The second-order valence-corrected chi connectivity index (χ2v) is 6.77. The number of benzene rings is 3. The van der Waals surface area contributed by atoms with Gasteiger partial charge in [0, 0.05) is 17.1 Å². The smallest absolute Gasteiger partial charge is 0.0498 e. The van der Waals surface area contributed by atoms with E-state index in [0.29, 0.717) is 0 Å². The Hall–Kier alpha value is -2.54. The normalized spacial score (nSPS) is 11.3. The maximum Gasteiger partial charge on any atom is 0.0498 e. The maximum atomic E-state index is 2.33. The van der Waals surface area contributed by atoms with E-state index in [0.717, 1.165) is 0 Å². The fourth-order valence-corrected chi connectivity index (χ4v) is 2.88. The van der Waals surface area contributed by atoms with Gasteiger partial charge in [0.25, 0.3) is 0 Å². The minimum atomic E-state index is 0.0818. The van der Waals surface area contributed by atoms with Crippen molar-refractivity contribution in [2.24, 2.45) is 0 Å². The Morgan fingerprint density at radius 3 is 1.48 bits per heavy atom. The van der Waals surface area contributed by atoms with Crippen LogP contribution in [0.3, 0.4) is 0 Å². The van der Waals surface area contributed by atoms with Gasteiger partial charge in [-0.05, 0) is 41.3 Å². The molecule has 1 heteroatoms. The number of rotatable bonds is 3. The van der Waals surface area contributed by atoms with Crippen LogP contribution in [-0.4, -0.2) is 0 Å². The first kappa shape index (κ1) is 15.4. The van der Waals surface area contributed by atoms with Crippen molar-refractivity contribution in [1.82, 2.24) is 0 Å². The number of anilines is 3. The second-order valence-electron chi connectivity index (χ2n) is 6.77. The molecular weight excluding hydrogens is 278 g/mol. The lowest BCUT2D eigenvalue weighted by molar-refractivity contribution is 0.591. The first-order valence-electron chi connectivity index (χ1n) is 8.07. The van der Waals surface area contributed by atoms with E-state index >= 15 is 0 Å². The molecule has 23 heavy (non-hydrogen) atoms. The minimum absolute atomic E-state index is 0.0818. The standard InChI is InChI=1S/C22H23N/c1-22(2,3)20-16-10-11-17-21(20)23(18-12-6-4-7-13-18)19-14-8-5-9-15-19/h4-17H,1-3H3. The van der Waals surface area contributed by atoms with Crippen molar-refractivity contribution in [2.45, 2.75) is 26.2 Å². The van der Waals surface area contributed by atoms with E-state index in [1.165, 1.54) is 22.6 Å². The van der Waals surface area contributed by atoms with Crippen molar-refractivity contribution in [1.29, 1.82) is 0 Å². The monoisotopic (exact) mass is 301 g/mol. The SMILES string of the molecule is CC(C)(C)c1ccccc1N(c1ccccc1)c1ccccc1. The highest BCUT2D eigenvalue weighted by atomic mass is 15.1. The summed E-state index contributed by atoms with van der Waals surface area (Å²) in [5, 5.41) is 0. The summed E-state index contributed by atoms with van der Waals surface area (Å²) in [6.45, 7) is 6.79. The topological polar surface area (TPSA) is 3.24 Å². The van der Waals surface area contributed by atoms with Gasteiger partial charge in [-0.25, -0.2) is 0 Å². The Kier molecular flexibility index (Phi) is 4.20. The predicted molar refractivity (Wildman–Crippen MR) is 99.8 cm³/mol. The summed E-state index contributed by atoms with van der Waals surface area (Å²) in [7, 11) is 0. The van der Waals surface area contributed by atoms with Crippen LogP contribution >= 0.6 is 0 Å². The molecule has 0 N–H and O–H groups in total. The van der Waals surface area contributed by atoms with Crippen molar-refractivity contribution < 1.29 is 0 Å². The molecule has 0 fully saturated rings. The molecule has 0 spiro atoms. The van der Waals surface area contributed by atoms with Gasteiger partial charge in [0.1, 0.15) is 0 Å². The van der Waals surface area contributed by atoms with Crippen LogP contribution in [-0.2, 0) is 5.41 Å². The molecule has 0 amide bonds. The Labute approximate surface area is 139 Å². The van der Waals surface area contributed by atoms with Gasteiger partial charge in [0.05, 0.1) is 0 Å². The van der Waals surface area contributed by atoms with Crippen molar-refractivity contribution >= 4 is 17.1 Å². The number of hydrogen-bond acceptors (Lipinski definition) is 1. The van der Waals surface area contributed by atoms with Crippen molar-refractivity contribution in [2.75, 3.05) is 4.90 Å². The first-order valence-corrected chi connectivity index (χ1v) is 8.07. The summed E-state index contributed by atoms with van der Waals surface area (Å²) in [5.74, 6) is 0. The third-order valence-corrected chi connectivity index (χ3v) is 3.98. The van der Waals surface area contributed by atoms with Crippen LogP contribution in [0.2, 0.25) is 0 Å². The number of hydrogen-bond donors (Lipinski definition) is 0. The molecule has 1 nitrogen and oxygen atoms in total. The molecule has 0 saturated carbocycles. The molecule has 0 unspecified atom stereocenters. The van der Waals surface area contributed by atoms with E-state index in [-0.39, 0.29) is 5.41 Å². The molecule has 3 rings (SSSR count). The van der Waals surface area contributed by atoms with E-state index < -0.39 is 0 Å². The van der Waals surface area contributed by atoms with Crippen molar-refractivity contribution in [3.8, 4) is 0 Å². The zero-order valence-corrected chi connectivity index (χ0v) is 14.0. The second kappa shape index (κ2) is 6.29. The van der Waals surface area contributed by atoms with E-state index in [4.69, 9.17) is 0 Å². The van der Waals surface area contributed by atoms with Gasteiger partial charge in [0.2, 0.25) is 0 Å². The van der Waals surface area contributed by atoms with Crippen LogP contribution in [0, 0.1) is 0 Å². The molecule has 0 aliphatic rings. The average molecular weight is 301 g/mol. The molecule has 0 aromatic heterocycles. The largest absolute Gasteiger partial charge is 0.310 e. The Balaban J connectivity index is 2.22. The van der Waals surface area contributed by atoms with Gasteiger partial charge < -0.3 is 4.90 Å². The number of para-hydroxylation sites is 3. The van der Waals surface area contributed by atoms with Crippen molar-refractivity contribution in [3.05, 3.63) is 90.5 Å². The Bertz CT molecular complexity index is 715. The lowest BCUT2D eigenvalue weighted by atomic mass is 9.85. The maximum absolute atomic E-state index is 2.33. The minimum Gasteiger partial charge on any atom is -0.310 e. The van der Waals surface area contributed by atoms with Crippen molar-refractivity contribution in [3.63, 3.8) is 0 Å². The van der Waals surface area contributed by atoms with E-state index in [2.05, 4.69) is 111 Å². The summed E-state index contributed by atoms with van der Waals surface area (Å²) in [6, 6.07) is 29.8. The fraction of sp³-hybridized carbons (Fsp3) is 0.182. The number of nitrogens with zero attached hydrogens (tertiary/aromatic N) is 1. The summed E-state index contributed by atoms with van der Waals surface area (Å²) in [6.07, 6.45) is 0. The fourth-order valence-electron chi connectivity index (χ4n) is 2.88. The van der Waals surface area contributed by atoms with Crippen LogP contribution in [0.25, 0.3) is 0 Å². The van der Waals surface area contributed by atoms with E-state index in [9.17, 15) is 0 Å². The molecule has 0 saturated heterocycles. The Morgan fingerprint density at radius 2 is 1.00 bits per heavy atom. The predicted octanol–water partition coefficient (Wildman–Crippen LogP) is 6.45. The highest BCUT2D eigenvalue weighted by molar-refractivity contribution is 5.78. The quantitative estimate of drug-likeness (QED) is 0.537. The van der Waals surface area contributed by atoms with E-state index in [1.54, 1.807) is 0 Å². The van der Waals surface area contributed by atoms with Gasteiger partial charge in [0.15, 0.2) is 0 Å². The molecule has 0 radical (unpaired) electrons. The zero-order chi connectivity index (χ0) is 16.3. The third-order valence-electron chi connectivity index (χ3n) is 3.98. The summed E-state index contributed by atoms with van der Waals surface area (Å²) in [4.78, 5) is 2.33. The summed E-state index contributed by atoms with van der Waals surface area (Å²) in [5.41, 5.74) is 5.01. The highest BCUT2D eigenvalue weighted by Crippen LogP contribution is 2.40. The lowest BCUT2D eigenvalue weighted by Gasteiger charge is -2.31. The summed E-state index contributed by atoms with van der Waals surface area (Å²) >= 11 is 0. The molecule has 3 aromatic rings. The first-order chi connectivity index (χ1) is 11.1. The van der Waals surface area contributed by atoms with Gasteiger partial charge in [-0.2, -0.15) is 0 Å². The lowest BCUT2D eigenvalue weighted by Crippen LogP contribution is -2.18. The molecule has 116 valence electrons. The molecule has 0 heterocycles. The molecule has 3 aromatic carbocycles. The van der Waals surface area contributed by atoms with Crippen LogP contribution < -0.4 is 4.90 Å². The van der Waals surface area contributed by atoms with Crippen LogP contribution in [0.15, 0.2) is 84.9 Å². The van der Waals surface area contributed by atoms with Gasteiger partial charge in [-0.3, -0.25) is 0 Å².